The Morgan fingerprint density at radius 2 is 1.33 bits per heavy atom. The first-order chi connectivity index (χ1) is 4.50. The average Bonchev–Trinajstić information content (AvgIpc) is 1.58. The van der Waals surface area contributed by atoms with Crippen molar-refractivity contribution in [2.75, 3.05) is 0 Å². The maximum absolute atomic E-state index is 11.5. The smallest absolute Gasteiger partial charge is 1.00 e. The Balaban J connectivity index is -0.000000500. The van der Waals surface area contributed by atoms with Gasteiger partial charge in [-0.3, -0.25) is 4.55 Å². The molecule has 0 bridgehead atoms. The van der Waals surface area contributed by atoms with Crippen LogP contribution in [0.1, 0.15) is 1.43 Å². The van der Waals surface area contributed by atoms with Gasteiger partial charge >= 0.3 is 72.9 Å². The molecule has 0 aliphatic rings. The van der Waals surface area contributed by atoms with Crippen molar-refractivity contribution in [3.63, 3.8) is 0 Å². The minimum absolute atomic E-state index is 0. The Bertz CT molecular complexity index is 247. The maximum Gasteiger partial charge on any atom is 1.00 e. The summed E-state index contributed by atoms with van der Waals surface area (Å²) in [6.45, 7) is 0. The Morgan fingerprint density at radius 3 is 1.33 bits per heavy atom. The predicted octanol–water partition coefficient (Wildman–Crippen LogP) is -1.85. The Hall–Kier alpha value is 1.20. The molecule has 0 saturated carbocycles. The van der Waals surface area contributed by atoms with E-state index in [4.69, 9.17) is 4.55 Å². The van der Waals surface area contributed by atoms with Gasteiger partial charge in [0.1, 0.15) is 0 Å². The zero-order valence-corrected chi connectivity index (χ0v) is 9.50. The number of halogens is 5. The van der Waals surface area contributed by atoms with Gasteiger partial charge in [-0.2, -0.15) is 30.4 Å². The Kier molecular flexibility index (Phi) is 5.41. The zero-order valence-electron chi connectivity index (χ0n) is 6.56. The van der Waals surface area contributed by atoms with Crippen LogP contribution in [0.25, 0.3) is 0 Å². The number of alkyl halides is 5. The summed E-state index contributed by atoms with van der Waals surface area (Å²) < 4.78 is 82.2. The number of hydrogen-bond donors (Lipinski definition) is 1. The van der Waals surface area contributed by atoms with Gasteiger partial charge in [-0.15, -0.1) is 0 Å². The first-order valence-corrected chi connectivity index (χ1v) is 3.36. The molecule has 0 radical (unpaired) electrons. The van der Waals surface area contributed by atoms with Crippen LogP contribution >= 0.6 is 0 Å². The van der Waals surface area contributed by atoms with Gasteiger partial charge in [-0.25, -0.2) is 0 Å². The average molecular weight is 240 g/mol. The van der Waals surface area contributed by atoms with Crippen LogP contribution in [-0.4, -0.2) is 24.4 Å². The summed E-state index contributed by atoms with van der Waals surface area (Å²) in [5.41, 5.74) is 0. The fraction of sp³-hybridized carbons (Fsp3) is 1.00. The summed E-state index contributed by atoms with van der Waals surface area (Å²) in [4.78, 5) is 0. The first-order valence-electron chi connectivity index (χ1n) is 1.91. The zero-order chi connectivity index (χ0) is 9.50. The third-order valence-electron chi connectivity index (χ3n) is 0.654. The van der Waals surface area contributed by atoms with Gasteiger partial charge in [0.25, 0.3) is 0 Å². The van der Waals surface area contributed by atoms with Crippen molar-refractivity contribution in [1.29, 1.82) is 0 Å². The van der Waals surface area contributed by atoms with Gasteiger partial charge in [-0.1, -0.05) is 0 Å². The van der Waals surface area contributed by atoms with E-state index in [0.717, 1.165) is 0 Å². The van der Waals surface area contributed by atoms with E-state index in [1.165, 1.54) is 0 Å². The van der Waals surface area contributed by atoms with Crippen molar-refractivity contribution < 1.29 is 87.7 Å². The second-order valence-corrected chi connectivity index (χ2v) is 2.95. The summed E-state index contributed by atoms with van der Waals surface area (Å²) in [7, 11) is -6.42. The van der Waals surface area contributed by atoms with Crippen molar-refractivity contribution in [2.24, 2.45) is 0 Å². The van der Waals surface area contributed by atoms with Gasteiger partial charge in [0, 0.05) is 0 Å². The molecule has 0 aliphatic carbocycles. The van der Waals surface area contributed by atoms with E-state index >= 15 is 0 Å². The second-order valence-electron chi connectivity index (χ2n) is 1.49. The van der Waals surface area contributed by atoms with Crippen LogP contribution < -0.4 is 51.4 Å². The molecule has 0 aromatic carbocycles. The molecule has 0 saturated heterocycles. The molecule has 3 nitrogen and oxygen atoms in total. The van der Waals surface area contributed by atoms with E-state index in [-0.39, 0.29) is 52.8 Å². The van der Waals surface area contributed by atoms with Crippen molar-refractivity contribution in [3.05, 3.63) is 0 Å². The van der Waals surface area contributed by atoms with Crippen LogP contribution in [0, 0.1) is 0 Å². The number of rotatable bonds is 1. The van der Waals surface area contributed by atoms with Gasteiger partial charge in [-0.05, 0) is 0 Å². The molecule has 0 aliphatic heterocycles. The SMILES string of the molecule is O=S(=O)(O)C(F)(F)C(F)(F)F.[H-].[K+]. The van der Waals surface area contributed by atoms with Gasteiger partial charge < -0.3 is 1.43 Å². The molecular formula is C2H2F5KO3S. The fourth-order valence-corrected chi connectivity index (χ4v) is 0.439. The normalized spacial score (nSPS) is 13.8. The van der Waals surface area contributed by atoms with E-state index in [2.05, 4.69) is 0 Å². The third-order valence-corrected chi connectivity index (χ3v) is 1.53. The molecule has 70 valence electrons. The molecular weight excluding hydrogens is 238 g/mol. The summed E-state index contributed by atoms with van der Waals surface area (Å²) in [5, 5.41) is -6.10. The summed E-state index contributed by atoms with van der Waals surface area (Å²) >= 11 is 0. The maximum atomic E-state index is 11.5. The minimum Gasteiger partial charge on any atom is -1.00 e. The van der Waals surface area contributed by atoms with Crippen LogP contribution in [0.4, 0.5) is 22.0 Å². The molecule has 0 aromatic rings. The topological polar surface area (TPSA) is 54.4 Å². The fourth-order valence-electron chi connectivity index (χ4n) is 0.146. The van der Waals surface area contributed by atoms with Crippen molar-refractivity contribution in [3.8, 4) is 0 Å². The minimum atomic E-state index is -6.42. The summed E-state index contributed by atoms with van der Waals surface area (Å²) in [5.74, 6) is 0. The quantitative estimate of drug-likeness (QED) is 0.332. The van der Waals surface area contributed by atoms with Gasteiger partial charge in [0.05, 0.1) is 0 Å². The van der Waals surface area contributed by atoms with Crippen LogP contribution in [0.5, 0.6) is 0 Å². The van der Waals surface area contributed by atoms with E-state index in [0.29, 0.717) is 0 Å². The standard InChI is InChI=1S/C2HF5O3S.K.H/c3-1(4,5)2(6,7)11(8,9)10;;/h(H,8,9,10);;/q;+1;-1. The molecule has 0 spiro atoms. The largest absolute Gasteiger partial charge is 1.00 e. The molecule has 0 amide bonds. The van der Waals surface area contributed by atoms with Crippen molar-refractivity contribution in [1.82, 2.24) is 0 Å². The monoisotopic (exact) mass is 240 g/mol. The first kappa shape index (κ1) is 15.7. The van der Waals surface area contributed by atoms with E-state index in [1.54, 1.807) is 0 Å². The van der Waals surface area contributed by atoms with Crippen molar-refractivity contribution in [2.45, 2.75) is 11.4 Å². The van der Waals surface area contributed by atoms with Gasteiger partial charge in [0.15, 0.2) is 0 Å². The molecule has 1 N–H and O–H groups in total. The van der Waals surface area contributed by atoms with Crippen LogP contribution in [0.2, 0.25) is 0 Å². The molecule has 0 aromatic heterocycles. The number of hydrogen-bond acceptors (Lipinski definition) is 2. The van der Waals surface area contributed by atoms with Crippen LogP contribution in [0.3, 0.4) is 0 Å². The van der Waals surface area contributed by atoms with Crippen LogP contribution in [-0.2, 0) is 10.1 Å². The Labute approximate surface area is 108 Å². The van der Waals surface area contributed by atoms with E-state index < -0.39 is 21.5 Å². The third kappa shape index (κ3) is 3.16. The molecule has 0 heterocycles. The summed E-state index contributed by atoms with van der Waals surface area (Å²) in [6, 6.07) is 0. The summed E-state index contributed by atoms with van der Waals surface area (Å²) in [6.07, 6.45) is -6.29. The van der Waals surface area contributed by atoms with Crippen LogP contribution in [0.15, 0.2) is 0 Å². The van der Waals surface area contributed by atoms with Gasteiger partial charge in [0.2, 0.25) is 0 Å². The van der Waals surface area contributed by atoms with E-state index in [9.17, 15) is 30.4 Å². The molecule has 12 heavy (non-hydrogen) atoms. The molecule has 0 atom stereocenters. The second kappa shape index (κ2) is 4.15. The van der Waals surface area contributed by atoms with E-state index in [1.807, 2.05) is 0 Å². The molecule has 0 unspecified atom stereocenters. The Morgan fingerprint density at radius 1 is 1.08 bits per heavy atom. The molecule has 0 rings (SSSR count). The molecule has 0 fully saturated rings. The van der Waals surface area contributed by atoms with Crippen molar-refractivity contribution >= 4 is 10.1 Å². The molecule has 10 heteroatoms. The predicted molar refractivity (Wildman–Crippen MR) is 23.7 cm³/mol.